The summed E-state index contributed by atoms with van der Waals surface area (Å²) in [6, 6.07) is 7.76. The standard InChI is InChI=1S/C16H19NO4/c1-16(15(19)20,14(18)17-11-6-7-11)8-10-9-21-13-5-3-2-4-12(10)13/h2-5,10-11H,6-9H2,1H3,(H,17,18)(H,19,20). The topological polar surface area (TPSA) is 75.6 Å². The number of benzene rings is 1. The molecular weight excluding hydrogens is 270 g/mol. The molecule has 1 aliphatic heterocycles. The average molecular weight is 289 g/mol. The molecule has 2 unspecified atom stereocenters. The van der Waals surface area contributed by atoms with Crippen LogP contribution in [0.25, 0.3) is 0 Å². The van der Waals surface area contributed by atoms with Crippen LogP contribution in [0, 0.1) is 5.41 Å². The molecule has 1 aromatic rings. The van der Waals surface area contributed by atoms with E-state index in [1.807, 2.05) is 24.3 Å². The number of carbonyl (C=O) groups excluding carboxylic acids is 1. The van der Waals surface area contributed by atoms with Gasteiger partial charge in [-0.2, -0.15) is 0 Å². The third-order valence-corrected chi connectivity index (χ3v) is 4.34. The van der Waals surface area contributed by atoms with Crippen molar-refractivity contribution in [1.82, 2.24) is 5.32 Å². The van der Waals surface area contributed by atoms with E-state index in [2.05, 4.69) is 5.32 Å². The summed E-state index contributed by atoms with van der Waals surface area (Å²) in [6.07, 6.45) is 2.13. The Morgan fingerprint density at radius 1 is 1.38 bits per heavy atom. The van der Waals surface area contributed by atoms with Crippen LogP contribution in [-0.2, 0) is 9.59 Å². The van der Waals surface area contributed by atoms with Gasteiger partial charge >= 0.3 is 5.97 Å². The number of amides is 1. The van der Waals surface area contributed by atoms with E-state index >= 15 is 0 Å². The van der Waals surface area contributed by atoms with Crippen molar-refractivity contribution in [2.45, 2.75) is 38.1 Å². The highest BCUT2D eigenvalue weighted by Crippen LogP contribution is 2.41. The molecule has 2 N–H and O–H groups in total. The molecule has 5 heteroatoms. The number of para-hydroxylation sites is 1. The third-order valence-electron chi connectivity index (χ3n) is 4.34. The summed E-state index contributed by atoms with van der Waals surface area (Å²) in [7, 11) is 0. The van der Waals surface area contributed by atoms with Crippen LogP contribution in [0.3, 0.4) is 0 Å². The monoisotopic (exact) mass is 289 g/mol. The van der Waals surface area contributed by atoms with Crippen LogP contribution in [0.15, 0.2) is 24.3 Å². The van der Waals surface area contributed by atoms with Crippen LogP contribution < -0.4 is 10.1 Å². The largest absolute Gasteiger partial charge is 0.493 e. The first kappa shape index (κ1) is 13.9. The Labute approximate surface area is 123 Å². The second-order valence-electron chi connectivity index (χ2n) is 6.13. The first-order valence-electron chi connectivity index (χ1n) is 7.27. The van der Waals surface area contributed by atoms with E-state index in [1.54, 1.807) is 0 Å². The molecule has 1 aromatic carbocycles. The number of carboxylic acid groups (broad SMARTS) is 1. The zero-order valence-electron chi connectivity index (χ0n) is 12.0. The van der Waals surface area contributed by atoms with Crippen LogP contribution >= 0.6 is 0 Å². The van der Waals surface area contributed by atoms with Crippen molar-refractivity contribution in [1.29, 1.82) is 0 Å². The molecule has 2 aliphatic rings. The molecule has 21 heavy (non-hydrogen) atoms. The van der Waals surface area contributed by atoms with Crippen LogP contribution in [0.5, 0.6) is 5.75 Å². The minimum absolute atomic E-state index is 0.0627. The van der Waals surface area contributed by atoms with Crippen molar-refractivity contribution in [2.75, 3.05) is 6.61 Å². The lowest BCUT2D eigenvalue weighted by molar-refractivity contribution is -0.155. The van der Waals surface area contributed by atoms with Crippen LogP contribution in [-0.4, -0.2) is 29.6 Å². The molecule has 112 valence electrons. The molecule has 0 aromatic heterocycles. The van der Waals surface area contributed by atoms with Gasteiger partial charge in [0.25, 0.3) is 0 Å². The minimum atomic E-state index is -1.42. The van der Waals surface area contributed by atoms with Crippen molar-refractivity contribution < 1.29 is 19.4 Å². The summed E-state index contributed by atoms with van der Waals surface area (Å²) in [6.45, 7) is 1.94. The van der Waals surface area contributed by atoms with E-state index in [-0.39, 0.29) is 24.3 Å². The van der Waals surface area contributed by atoms with Gasteiger partial charge in [0.05, 0.1) is 6.61 Å². The maximum absolute atomic E-state index is 12.3. The van der Waals surface area contributed by atoms with E-state index in [0.717, 1.165) is 24.2 Å². The molecule has 1 saturated carbocycles. The molecule has 0 bridgehead atoms. The number of fused-ring (bicyclic) bond motifs is 1. The Hall–Kier alpha value is -2.04. The summed E-state index contributed by atoms with van der Waals surface area (Å²) < 4.78 is 5.59. The molecule has 1 amide bonds. The van der Waals surface area contributed by atoms with Gasteiger partial charge in [0.15, 0.2) is 0 Å². The Morgan fingerprint density at radius 2 is 2.10 bits per heavy atom. The number of carbonyl (C=O) groups is 2. The van der Waals surface area contributed by atoms with Crippen LogP contribution in [0.4, 0.5) is 0 Å². The summed E-state index contributed by atoms with van der Waals surface area (Å²) in [5.74, 6) is -0.739. The lowest BCUT2D eigenvalue weighted by atomic mass is 9.78. The van der Waals surface area contributed by atoms with Gasteiger partial charge in [0, 0.05) is 17.5 Å². The fraction of sp³-hybridized carbons (Fsp3) is 0.500. The van der Waals surface area contributed by atoms with Gasteiger partial charge in [-0.05, 0) is 32.3 Å². The van der Waals surface area contributed by atoms with E-state index in [0.29, 0.717) is 6.61 Å². The van der Waals surface area contributed by atoms with Crippen molar-refractivity contribution in [2.24, 2.45) is 5.41 Å². The summed E-state index contributed by atoms with van der Waals surface area (Å²) >= 11 is 0. The number of ether oxygens (including phenoxy) is 1. The zero-order valence-corrected chi connectivity index (χ0v) is 12.0. The number of hydrogen-bond acceptors (Lipinski definition) is 3. The summed E-state index contributed by atoms with van der Waals surface area (Å²) in [5.41, 5.74) is -0.433. The van der Waals surface area contributed by atoms with Gasteiger partial charge in [0.1, 0.15) is 11.2 Å². The van der Waals surface area contributed by atoms with Crippen molar-refractivity contribution in [3.8, 4) is 5.75 Å². The molecule has 5 nitrogen and oxygen atoms in total. The van der Waals surface area contributed by atoms with E-state index in [1.165, 1.54) is 6.92 Å². The Kier molecular flexibility index (Phi) is 3.35. The second-order valence-corrected chi connectivity index (χ2v) is 6.13. The third kappa shape index (κ3) is 2.60. The molecule has 0 saturated heterocycles. The normalized spacial score (nSPS) is 22.8. The van der Waals surface area contributed by atoms with Crippen molar-refractivity contribution in [3.05, 3.63) is 29.8 Å². The maximum Gasteiger partial charge on any atom is 0.318 e. The lowest BCUT2D eigenvalue weighted by Crippen LogP contribution is -2.46. The SMILES string of the molecule is CC(CC1COc2ccccc21)(C(=O)O)C(=O)NC1CC1. The van der Waals surface area contributed by atoms with Gasteiger partial charge in [-0.15, -0.1) is 0 Å². The zero-order chi connectivity index (χ0) is 15.0. The van der Waals surface area contributed by atoms with Gasteiger partial charge in [-0.3, -0.25) is 9.59 Å². The van der Waals surface area contributed by atoms with E-state index in [4.69, 9.17) is 4.74 Å². The minimum Gasteiger partial charge on any atom is -0.493 e. The Morgan fingerprint density at radius 3 is 2.76 bits per heavy atom. The molecular formula is C16H19NO4. The van der Waals surface area contributed by atoms with Gasteiger partial charge in [0.2, 0.25) is 5.91 Å². The predicted octanol–water partition coefficient (Wildman–Crippen LogP) is 1.92. The smallest absolute Gasteiger partial charge is 0.318 e. The quantitative estimate of drug-likeness (QED) is 0.812. The molecule has 1 heterocycles. The summed E-state index contributed by atoms with van der Waals surface area (Å²) in [5, 5.41) is 12.4. The number of hydrogen-bond donors (Lipinski definition) is 2. The molecule has 3 rings (SSSR count). The molecule has 1 aliphatic carbocycles. The van der Waals surface area contributed by atoms with Crippen molar-refractivity contribution >= 4 is 11.9 Å². The number of rotatable bonds is 5. The lowest BCUT2D eigenvalue weighted by Gasteiger charge is -2.26. The summed E-state index contributed by atoms with van der Waals surface area (Å²) in [4.78, 5) is 24.0. The number of aliphatic carboxylic acids is 1. The second kappa shape index (κ2) is 5.06. The van der Waals surface area contributed by atoms with E-state index < -0.39 is 11.4 Å². The van der Waals surface area contributed by atoms with Crippen molar-refractivity contribution in [3.63, 3.8) is 0 Å². The maximum atomic E-state index is 12.3. The molecule has 2 atom stereocenters. The number of carboxylic acids is 1. The Bertz CT molecular complexity index is 581. The molecule has 1 fully saturated rings. The number of nitrogens with one attached hydrogen (secondary N) is 1. The van der Waals surface area contributed by atoms with Gasteiger partial charge < -0.3 is 15.2 Å². The fourth-order valence-electron chi connectivity index (χ4n) is 2.74. The Balaban J connectivity index is 1.79. The average Bonchev–Trinajstić information content (AvgIpc) is 3.19. The first-order chi connectivity index (χ1) is 10.0. The highest BCUT2D eigenvalue weighted by molar-refractivity contribution is 6.01. The molecule has 0 spiro atoms. The van der Waals surface area contributed by atoms with Crippen LogP contribution in [0.2, 0.25) is 0 Å². The fourth-order valence-corrected chi connectivity index (χ4v) is 2.74. The van der Waals surface area contributed by atoms with Crippen LogP contribution in [0.1, 0.15) is 37.7 Å². The first-order valence-corrected chi connectivity index (χ1v) is 7.27. The van der Waals surface area contributed by atoms with Gasteiger partial charge in [-0.1, -0.05) is 18.2 Å². The van der Waals surface area contributed by atoms with Gasteiger partial charge in [-0.25, -0.2) is 0 Å². The highest BCUT2D eigenvalue weighted by Gasteiger charge is 2.46. The molecule has 0 radical (unpaired) electrons. The predicted molar refractivity (Wildman–Crippen MR) is 76.2 cm³/mol. The highest BCUT2D eigenvalue weighted by atomic mass is 16.5. The van der Waals surface area contributed by atoms with E-state index in [9.17, 15) is 14.7 Å².